The smallest absolute Gasteiger partial charge is 0.270 e. The number of nitrogens with one attached hydrogen (secondary N) is 1. The van der Waals surface area contributed by atoms with Crippen molar-refractivity contribution in [2.75, 3.05) is 12.4 Å². The van der Waals surface area contributed by atoms with Crippen molar-refractivity contribution in [1.29, 1.82) is 0 Å². The van der Waals surface area contributed by atoms with E-state index in [-0.39, 0.29) is 28.4 Å². The van der Waals surface area contributed by atoms with Gasteiger partial charge in [-0.15, -0.1) is 0 Å². The van der Waals surface area contributed by atoms with Gasteiger partial charge >= 0.3 is 0 Å². The minimum atomic E-state index is -0.614. The molecule has 0 bridgehead atoms. The molecule has 0 spiro atoms. The summed E-state index contributed by atoms with van der Waals surface area (Å²) in [5, 5.41) is 22.9. The molecular formula is C14H12N2O5. The van der Waals surface area contributed by atoms with Crippen molar-refractivity contribution in [3.63, 3.8) is 0 Å². The molecule has 0 aromatic heterocycles. The molecule has 0 aliphatic rings. The molecule has 0 aliphatic carbocycles. The summed E-state index contributed by atoms with van der Waals surface area (Å²) >= 11 is 0. The van der Waals surface area contributed by atoms with Crippen molar-refractivity contribution >= 4 is 17.3 Å². The minimum absolute atomic E-state index is 0.00922. The zero-order chi connectivity index (χ0) is 15.4. The van der Waals surface area contributed by atoms with E-state index in [4.69, 9.17) is 4.74 Å². The Kier molecular flexibility index (Phi) is 4.03. The number of phenols is 1. The summed E-state index contributed by atoms with van der Waals surface area (Å²) in [5.41, 5.74) is -0.00996. The van der Waals surface area contributed by atoms with Crippen LogP contribution in [0.25, 0.3) is 0 Å². The summed E-state index contributed by atoms with van der Waals surface area (Å²) in [6.45, 7) is 0. The highest BCUT2D eigenvalue weighted by molar-refractivity contribution is 6.07. The number of ether oxygens (including phenoxy) is 1. The average molecular weight is 288 g/mol. The molecule has 0 unspecified atom stereocenters. The topological polar surface area (TPSA) is 102 Å². The van der Waals surface area contributed by atoms with Gasteiger partial charge in [-0.2, -0.15) is 0 Å². The zero-order valence-electron chi connectivity index (χ0n) is 11.1. The number of nitrogens with zero attached hydrogens (tertiary/aromatic N) is 1. The maximum atomic E-state index is 12.2. The predicted octanol–water partition coefficient (Wildman–Crippen LogP) is 2.56. The molecular weight excluding hydrogens is 276 g/mol. The first-order valence-electron chi connectivity index (χ1n) is 5.94. The van der Waals surface area contributed by atoms with E-state index in [1.54, 1.807) is 12.1 Å². The number of non-ortho nitro benzene ring substituents is 1. The van der Waals surface area contributed by atoms with E-state index in [0.29, 0.717) is 0 Å². The average Bonchev–Trinajstić information content (AvgIpc) is 2.48. The lowest BCUT2D eigenvalue weighted by molar-refractivity contribution is -0.384. The molecule has 0 radical (unpaired) electrons. The summed E-state index contributed by atoms with van der Waals surface area (Å²) in [7, 11) is 1.36. The lowest BCUT2D eigenvalue weighted by Crippen LogP contribution is -2.13. The number of methoxy groups -OCH3 is 1. The van der Waals surface area contributed by atoms with Gasteiger partial charge in [0.15, 0.2) is 0 Å². The Morgan fingerprint density at radius 1 is 1.29 bits per heavy atom. The van der Waals surface area contributed by atoms with Crippen LogP contribution in [0.2, 0.25) is 0 Å². The molecule has 0 heterocycles. The van der Waals surface area contributed by atoms with Crippen molar-refractivity contribution in [1.82, 2.24) is 0 Å². The summed E-state index contributed by atoms with van der Waals surface area (Å²) in [5.74, 6) is -0.513. The van der Waals surface area contributed by atoms with Gasteiger partial charge in [-0.1, -0.05) is 12.1 Å². The number of aromatic hydroxyl groups is 1. The molecule has 108 valence electrons. The molecule has 7 nitrogen and oxygen atoms in total. The fourth-order valence-corrected chi connectivity index (χ4v) is 1.76. The number of hydrogen-bond acceptors (Lipinski definition) is 5. The summed E-state index contributed by atoms with van der Waals surface area (Å²) < 4.78 is 5.02. The molecule has 0 saturated heterocycles. The number of anilines is 1. The first-order valence-corrected chi connectivity index (χ1v) is 5.94. The van der Waals surface area contributed by atoms with Crippen LogP contribution in [0.1, 0.15) is 10.4 Å². The number of para-hydroxylation sites is 2. The van der Waals surface area contributed by atoms with E-state index in [0.717, 1.165) is 6.07 Å². The van der Waals surface area contributed by atoms with Gasteiger partial charge in [-0.25, -0.2) is 0 Å². The predicted molar refractivity (Wildman–Crippen MR) is 75.7 cm³/mol. The van der Waals surface area contributed by atoms with Crippen LogP contribution < -0.4 is 10.1 Å². The maximum Gasteiger partial charge on any atom is 0.270 e. The summed E-state index contributed by atoms with van der Waals surface area (Å²) in [4.78, 5) is 22.4. The van der Waals surface area contributed by atoms with Gasteiger partial charge in [-0.3, -0.25) is 14.9 Å². The maximum absolute atomic E-state index is 12.2. The van der Waals surface area contributed by atoms with Crippen LogP contribution in [0, 0.1) is 10.1 Å². The Balaban J connectivity index is 2.36. The third kappa shape index (κ3) is 3.08. The molecule has 21 heavy (non-hydrogen) atoms. The monoisotopic (exact) mass is 288 g/mol. The van der Waals surface area contributed by atoms with Crippen molar-refractivity contribution in [2.24, 2.45) is 0 Å². The molecule has 2 N–H and O–H groups in total. The summed E-state index contributed by atoms with van der Waals surface area (Å²) in [6.07, 6.45) is 0. The SMILES string of the molecule is COc1ccc([N+](=O)[O-])cc1C(=O)Nc1ccccc1O. The normalized spacial score (nSPS) is 9.95. The third-order valence-electron chi connectivity index (χ3n) is 2.79. The van der Waals surface area contributed by atoms with Gasteiger partial charge in [0.1, 0.15) is 11.5 Å². The molecule has 0 fully saturated rings. The second-order valence-electron chi connectivity index (χ2n) is 4.11. The van der Waals surface area contributed by atoms with E-state index in [1.165, 1.54) is 31.4 Å². The van der Waals surface area contributed by atoms with Gasteiger partial charge in [-0.05, 0) is 18.2 Å². The second kappa shape index (κ2) is 5.91. The van der Waals surface area contributed by atoms with Crippen molar-refractivity contribution < 1.29 is 19.6 Å². The number of carbonyl (C=O) groups excluding carboxylic acids is 1. The molecule has 1 amide bonds. The Hall–Kier alpha value is -3.09. The van der Waals surface area contributed by atoms with E-state index < -0.39 is 10.8 Å². The molecule has 2 aromatic rings. The first-order chi connectivity index (χ1) is 10.0. The Morgan fingerprint density at radius 3 is 2.62 bits per heavy atom. The van der Waals surface area contributed by atoms with Crippen LogP contribution in [0.15, 0.2) is 42.5 Å². The highest BCUT2D eigenvalue weighted by atomic mass is 16.6. The van der Waals surface area contributed by atoms with E-state index in [2.05, 4.69) is 5.32 Å². The first kappa shape index (κ1) is 14.3. The minimum Gasteiger partial charge on any atom is -0.506 e. The largest absolute Gasteiger partial charge is 0.506 e. The highest BCUT2D eigenvalue weighted by Crippen LogP contribution is 2.27. The Labute approximate surface area is 119 Å². The number of hydrogen-bond donors (Lipinski definition) is 2. The Bertz CT molecular complexity index is 700. The molecule has 0 aliphatic heterocycles. The van der Waals surface area contributed by atoms with Gasteiger partial charge in [0, 0.05) is 12.1 Å². The number of amides is 1. The number of phenolic OH excluding ortho intramolecular Hbond substituents is 1. The van der Waals surface area contributed by atoms with Crippen molar-refractivity contribution in [3.8, 4) is 11.5 Å². The lowest BCUT2D eigenvalue weighted by atomic mass is 10.1. The zero-order valence-corrected chi connectivity index (χ0v) is 11.1. The number of nitro benzene ring substituents is 1. The van der Waals surface area contributed by atoms with Gasteiger partial charge in [0.2, 0.25) is 0 Å². The van der Waals surface area contributed by atoms with E-state index in [9.17, 15) is 20.0 Å². The quantitative estimate of drug-likeness (QED) is 0.511. The van der Waals surface area contributed by atoms with Crippen LogP contribution in [-0.4, -0.2) is 23.0 Å². The second-order valence-corrected chi connectivity index (χ2v) is 4.11. The van der Waals surface area contributed by atoms with E-state index in [1.807, 2.05) is 0 Å². The fourth-order valence-electron chi connectivity index (χ4n) is 1.76. The number of nitro groups is 1. The molecule has 0 saturated carbocycles. The van der Waals surface area contributed by atoms with Crippen molar-refractivity contribution in [3.05, 3.63) is 58.1 Å². The standard InChI is InChI=1S/C14H12N2O5/c1-21-13-7-6-9(16(19)20)8-10(13)14(18)15-11-4-2-3-5-12(11)17/h2-8,17H,1H3,(H,15,18). The highest BCUT2D eigenvalue weighted by Gasteiger charge is 2.18. The molecule has 0 atom stereocenters. The molecule has 2 rings (SSSR count). The number of carbonyl (C=O) groups is 1. The van der Waals surface area contributed by atoms with Gasteiger partial charge in [0.05, 0.1) is 23.3 Å². The fraction of sp³-hybridized carbons (Fsp3) is 0.0714. The van der Waals surface area contributed by atoms with E-state index >= 15 is 0 Å². The van der Waals surface area contributed by atoms with Crippen LogP contribution in [0.3, 0.4) is 0 Å². The molecule has 2 aromatic carbocycles. The van der Waals surface area contributed by atoms with Gasteiger partial charge < -0.3 is 15.2 Å². The number of benzene rings is 2. The molecule has 7 heteroatoms. The Morgan fingerprint density at radius 2 is 2.00 bits per heavy atom. The van der Waals surface area contributed by atoms with Crippen LogP contribution in [0.5, 0.6) is 11.5 Å². The van der Waals surface area contributed by atoms with Crippen LogP contribution >= 0.6 is 0 Å². The summed E-state index contributed by atoms with van der Waals surface area (Å²) in [6, 6.07) is 9.89. The van der Waals surface area contributed by atoms with Crippen molar-refractivity contribution in [2.45, 2.75) is 0 Å². The third-order valence-corrected chi connectivity index (χ3v) is 2.79. The lowest BCUT2D eigenvalue weighted by Gasteiger charge is -2.10. The van der Waals surface area contributed by atoms with Crippen LogP contribution in [-0.2, 0) is 0 Å². The van der Waals surface area contributed by atoms with Gasteiger partial charge in [0.25, 0.3) is 11.6 Å². The number of rotatable bonds is 4. The van der Waals surface area contributed by atoms with Crippen LogP contribution in [0.4, 0.5) is 11.4 Å².